The van der Waals surface area contributed by atoms with Crippen molar-refractivity contribution in [1.82, 2.24) is 5.32 Å². The molecule has 0 aliphatic heterocycles. The smallest absolute Gasteiger partial charge is 0.236 e. The molecule has 1 atom stereocenters. The van der Waals surface area contributed by atoms with Crippen LogP contribution >= 0.6 is 0 Å². The van der Waals surface area contributed by atoms with E-state index in [1.54, 1.807) is 7.11 Å². The Labute approximate surface area is 109 Å². The van der Waals surface area contributed by atoms with E-state index in [0.717, 1.165) is 19.3 Å². The van der Waals surface area contributed by atoms with Gasteiger partial charge in [0, 0.05) is 20.3 Å². The standard InChI is InChI=1S/C13H26N2O3/c1-17-9-4-7-12(14)13(16)15-8-10-18-11-5-2-3-6-11/h11-12H,2-10,14H2,1H3,(H,15,16). The summed E-state index contributed by atoms with van der Waals surface area (Å²) >= 11 is 0. The number of ether oxygens (including phenoxy) is 2. The zero-order valence-corrected chi connectivity index (χ0v) is 11.3. The van der Waals surface area contributed by atoms with E-state index in [1.807, 2.05) is 0 Å². The molecule has 0 bridgehead atoms. The lowest BCUT2D eigenvalue weighted by atomic mass is 10.1. The van der Waals surface area contributed by atoms with Crippen molar-refractivity contribution in [2.45, 2.75) is 50.7 Å². The van der Waals surface area contributed by atoms with Crippen LogP contribution in [0, 0.1) is 0 Å². The Morgan fingerprint density at radius 1 is 1.39 bits per heavy atom. The third-order valence-electron chi connectivity index (χ3n) is 3.26. The van der Waals surface area contributed by atoms with E-state index in [-0.39, 0.29) is 5.91 Å². The van der Waals surface area contributed by atoms with E-state index in [1.165, 1.54) is 12.8 Å². The van der Waals surface area contributed by atoms with Crippen molar-refractivity contribution in [3.8, 4) is 0 Å². The molecule has 1 saturated carbocycles. The van der Waals surface area contributed by atoms with Crippen LogP contribution in [-0.4, -0.2) is 44.9 Å². The first-order valence-electron chi connectivity index (χ1n) is 6.88. The number of nitrogens with two attached hydrogens (primary N) is 1. The molecule has 0 radical (unpaired) electrons. The van der Waals surface area contributed by atoms with E-state index in [4.69, 9.17) is 15.2 Å². The van der Waals surface area contributed by atoms with E-state index in [9.17, 15) is 4.79 Å². The molecule has 18 heavy (non-hydrogen) atoms. The normalized spacial score (nSPS) is 17.9. The number of hydrogen-bond donors (Lipinski definition) is 2. The number of hydrogen-bond acceptors (Lipinski definition) is 4. The van der Waals surface area contributed by atoms with Crippen molar-refractivity contribution in [2.75, 3.05) is 26.9 Å². The van der Waals surface area contributed by atoms with Crippen LogP contribution in [0.5, 0.6) is 0 Å². The molecule has 0 heterocycles. The van der Waals surface area contributed by atoms with Crippen LogP contribution in [0.1, 0.15) is 38.5 Å². The molecule has 0 aromatic carbocycles. The Hall–Kier alpha value is -0.650. The number of methoxy groups -OCH3 is 1. The van der Waals surface area contributed by atoms with Crippen LogP contribution in [0.2, 0.25) is 0 Å². The second-order valence-corrected chi connectivity index (χ2v) is 4.81. The van der Waals surface area contributed by atoms with Crippen molar-refractivity contribution in [1.29, 1.82) is 0 Å². The quantitative estimate of drug-likeness (QED) is 0.600. The van der Waals surface area contributed by atoms with Crippen molar-refractivity contribution < 1.29 is 14.3 Å². The van der Waals surface area contributed by atoms with Crippen LogP contribution in [0.15, 0.2) is 0 Å². The maximum Gasteiger partial charge on any atom is 0.236 e. The molecule has 1 unspecified atom stereocenters. The molecular formula is C13H26N2O3. The van der Waals surface area contributed by atoms with Crippen molar-refractivity contribution >= 4 is 5.91 Å². The van der Waals surface area contributed by atoms with Gasteiger partial charge in [-0.15, -0.1) is 0 Å². The Kier molecular flexibility index (Phi) is 7.96. The summed E-state index contributed by atoms with van der Waals surface area (Å²) in [5.41, 5.74) is 5.75. The van der Waals surface area contributed by atoms with Crippen molar-refractivity contribution in [3.63, 3.8) is 0 Å². The van der Waals surface area contributed by atoms with Crippen LogP contribution in [0.3, 0.4) is 0 Å². The van der Waals surface area contributed by atoms with Gasteiger partial charge in [-0.2, -0.15) is 0 Å². The van der Waals surface area contributed by atoms with Gasteiger partial charge >= 0.3 is 0 Å². The summed E-state index contributed by atoms with van der Waals surface area (Å²) in [4.78, 5) is 11.6. The van der Waals surface area contributed by atoms with E-state index >= 15 is 0 Å². The van der Waals surface area contributed by atoms with Crippen molar-refractivity contribution in [3.05, 3.63) is 0 Å². The van der Waals surface area contributed by atoms with E-state index in [2.05, 4.69) is 5.32 Å². The Morgan fingerprint density at radius 3 is 2.78 bits per heavy atom. The van der Waals surface area contributed by atoms with E-state index in [0.29, 0.717) is 32.3 Å². The number of rotatable bonds is 9. The molecule has 1 aliphatic carbocycles. The van der Waals surface area contributed by atoms with Crippen LogP contribution in [-0.2, 0) is 14.3 Å². The average Bonchev–Trinajstić information content (AvgIpc) is 2.87. The fraction of sp³-hybridized carbons (Fsp3) is 0.923. The van der Waals surface area contributed by atoms with Crippen molar-refractivity contribution in [2.24, 2.45) is 5.73 Å². The fourth-order valence-electron chi connectivity index (χ4n) is 2.16. The molecule has 0 spiro atoms. The van der Waals surface area contributed by atoms with Gasteiger partial charge < -0.3 is 20.5 Å². The summed E-state index contributed by atoms with van der Waals surface area (Å²) in [6, 6.07) is -0.438. The van der Waals surface area contributed by atoms with Crippen LogP contribution in [0.25, 0.3) is 0 Å². The first kappa shape index (κ1) is 15.4. The highest BCUT2D eigenvalue weighted by Crippen LogP contribution is 2.20. The molecule has 5 nitrogen and oxygen atoms in total. The van der Waals surface area contributed by atoms with Gasteiger partial charge in [0.05, 0.1) is 18.8 Å². The minimum absolute atomic E-state index is 0.0962. The summed E-state index contributed by atoms with van der Waals surface area (Å²) in [6.45, 7) is 1.78. The number of amides is 1. The lowest BCUT2D eigenvalue weighted by Crippen LogP contribution is -2.42. The molecular weight excluding hydrogens is 232 g/mol. The number of carbonyl (C=O) groups is 1. The van der Waals surface area contributed by atoms with Gasteiger partial charge in [0.2, 0.25) is 5.91 Å². The third-order valence-corrected chi connectivity index (χ3v) is 3.26. The summed E-state index contributed by atoms with van der Waals surface area (Å²) in [5.74, 6) is -0.0962. The van der Waals surface area contributed by atoms with Gasteiger partial charge in [-0.05, 0) is 25.7 Å². The fourth-order valence-corrected chi connectivity index (χ4v) is 2.16. The summed E-state index contributed by atoms with van der Waals surface area (Å²) < 4.78 is 10.6. The molecule has 0 saturated heterocycles. The highest BCUT2D eigenvalue weighted by molar-refractivity contribution is 5.81. The molecule has 1 fully saturated rings. The highest BCUT2D eigenvalue weighted by atomic mass is 16.5. The first-order valence-corrected chi connectivity index (χ1v) is 6.88. The summed E-state index contributed by atoms with van der Waals surface area (Å²) in [5, 5.41) is 2.80. The topological polar surface area (TPSA) is 73.6 Å². The van der Waals surface area contributed by atoms with Crippen LogP contribution in [0.4, 0.5) is 0 Å². The largest absolute Gasteiger partial charge is 0.385 e. The lowest BCUT2D eigenvalue weighted by molar-refractivity contribution is -0.122. The minimum Gasteiger partial charge on any atom is -0.385 e. The molecule has 1 amide bonds. The molecule has 0 aromatic heterocycles. The van der Waals surface area contributed by atoms with Gasteiger partial charge in [-0.1, -0.05) is 12.8 Å². The van der Waals surface area contributed by atoms with Gasteiger partial charge in [0.25, 0.3) is 0 Å². The maximum absolute atomic E-state index is 11.6. The molecule has 106 valence electrons. The first-order chi connectivity index (χ1) is 8.74. The predicted molar refractivity (Wildman–Crippen MR) is 70.3 cm³/mol. The van der Waals surface area contributed by atoms with Gasteiger partial charge in [-0.25, -0.2) is 0 Å². The number of carbonyl (C=O) groups excluding carboxylic acids is 1. The zero-order valence-electron chi connectivity index (χ0n) is 11.3. The van der Waals surface area contributed by atoms with Gasteiger partial charge in [0.1, 0.15) is 0 Å². The molecule has 1 rings (SSSR count). The Balaban J connectivity index is 1.97. The average molecular weight is 258 g/mol. The second-order valence-electron chi connectivity index (χ2n) is 4.81. The summed E-state index contributed by atoms with van der Waals surface area (Å²) in [7, 11) is 1.64. The third kappa shape index (κ3) is 6.33. The monoisotopic (exact) mass is 258 g/mol. The van der Waals surface area contributed by atoms with Gasteiger partial charge in [0.15, 0.2) is 0 Å². The minimum atomic E-state index is -0.438. The molecule has 5 heteroatoms. The molecule has 3 N–H and O–H groups in total. The number of nitrogens with one attached hydrogen (secondary N) is 1. The second kappa shape index (κ2) is 9.30. The summed E-state index contributed by atoms with van der Waals surface area (Å²) in [6.07, 6.45) is 6.71. The highest BCUT2D eigenvalue weighted by Gasteiger charge is 2.15. The lowest BCUT2D eigenvalue weighted by Gasteiger charge is -2.14. The maximum atomic E-state index is 11.6. The Morgan fingerprint density at radius 2 is 2.11 bits per heavy atom. The molecule has 0 aromatic rings. The Bertz CT molecular complexity index is 230. The van der Waals surface area contributed by atoms with Crippen LogP contribution < -0.4 is 11.1 Å². The zero-order chi connectivity index (χ0) is 13.2. The molecule has 1 aliphatic rings. The van der Waals surface area contributed by atoms with E-state index < -0.39 is 6.04 Å². The predicted octanol–water partition coefficient (Wildman–Crippen LogP) is 0.816. The SMILES string of the molecule is COCCCC(N)C(=O)NCCOC1CCCC1. The van der Waals surface area contributed by atoms with Gasteiger partial charge in [-0.3, -0.25) is 4.79 Å².